The Labute approximate surface area is 167 Å². The van der Waals surface area contributed by atoms with E-state index in [-0.39, 0.29) is 0 Å². The Balaban J connectivity index is 1.78. The smallest absolute Gasteiger partial charge is 0.0626 e. The Morgan fingerprint density at radius 1 is 0.448 bits per heavy atom. The number of hydrogen-bond donors (Lipinski definition) is 0. The summed E-state index contributed by atoms with van der Waals surface area (Å²) in [6, 6.07) is 37.5. The minimum absolute atomic E-state index is 1.26. The monoisotopic (exact) mass is 367 g/mol. The van der Waals surface area contributed by atoms with Crippen LogP contribution in [0.1, 0.15) is 0 Å². The summed E-state index contributed by atoms with van der Waals surface area (Å²) in [6.45, 7) is 0. The van der Waals surface area contributed by atoms with Crippen molar-refractivity contribution in [2.45, 2.75) is 0 Å². The van der Waals surface area contributed by atoms with Crippen molar-refractivity contribution < 1.29 is 0 Å². The first-order valence-corrected chi connectivity index (χ1v) is 10.1. The molecule has 29 heavy (non-hydrogen) atoms. The Hall–Kier alpha value is -3.84. The third-order valence-corrected chi connectivity index (χ3v) is 6.29. The van der Waals surface area contributed by atoms with Crippen LogP contribution in [-0.4, -0.2) is 4.40 Å². The van der Waals surface area contributed by atoms with Crippen LogP contribution in [0.15, 0.2) is 103 Å². The van der Waals surface area contributed by atoms with Gasteiger partial charge in [0.05, 0.1) is 16.6 Å². The Morgan fingerprint density at radius 3 is 2.07 bits per heavy atom. The molecule has 0 aliphatic rings. The van der Waals surface area contributed by atoms with Gasteiger partial charge in [0.15, 0.2) is 0 Å². The summed E-state index contributed by atoms with van der Waals surface area (Å²) >= 11 is 0. The Bertz CT molecular complexity index is 1690. The molecule has 0 radical (unpaired) electrons. The van der Waals surface area contributed by atoms with Crippen LogP contribution in [0, 0.1) is 0 Å². The van der Waals surface area contributed by atoms with Gasteiger partial charge in [0, 0.05) is 21.5 Å². The Morgan fingerprint density at radius 2 is 1.17 bits per heavy atom. The molecule has 2 aromatic heterocycles. The highest BCUT2D eigenvalue weighted by Gasteiger charge is 2.19. The molecule has 1 heteroatoms. The summed E-state index contributed by atoms with van der Waals surface area (Å²) < 4.78 is 2.45. The van der Waals surface area contributed by atoms with E-state index in [2.05, 4.69) is 108 Å². The third kappa shape index (κ3) is 1.89. The predicted octanol–water partition coefficient (Wildman–Crippen LogP) is 7.66. The topological polar surface area (TPSA) is 4.41 Å². The van der Waals surface area contributed by atoms with Gasteiger partial charge in [-0.1, -0.05) is 78.9 Å². The molecule has 0 bridgehead atoms. The maximum absolute atomic E-state index is 2.45. The molecule has 5 aromatic carbocycles. The molecule has 2 heterocycles. The van der Waals surface area contributed by atoms with Gasteiger partial charge in [-0.25, -0.2) is 0 Å². The van der Waals surface area contributed by atoms with Crippen molar-refractivity contribution in [3.63, 3.8) is 0 Å². The molecule has 0 aliphatic carbocycles. The average molecular weight is 367 g/mol. The second kappa shape index (κ2) is 5.36. The van der Waals surface area contributed by atoms with E-state index in [9.17, 15) is 0 Å². The lowest BCUT2D eigenvalue weighted by molar-refractivity contribution is 1.37. The lowest BCUT2D eigenvalue weighted by Crippen LogP contribution is -1.81. The van der Waals surface area contributed by atoms with Crippen molar-refractivity contribution in [2.24, 2.45) is 0 Å². The number of para-hydroxylation sites is 1. The van der Waals surface area contributed by atoms with Crippen LogP contribution in [0.25, 0.3) is 60.0 Å². The normalized spacial score (nSPS) is 12.1. The summed E-state index contributed by atoms with van der Waals surface area (Å²) in [7, 11) is 0. The SMILES string of the molecule is c1ccc(-c2ccc3c(c2)c2c4ccccc4cc4c5ccccc5n3c42)cc1. The Kier molecular flexibility index (Phi) is 2.80. The maximum atomic E-state index is 2.45. The van der Waals surface area contributed by atoms with Gasteiger partial charge in [0.1, 0.15) is 0 Å². The van der Waals surface area contributed by atoms with Gasteiger partial charge in [0.25, 0.3) is 0 Å². The number of aromatic nitrogens is 1. The fraction of sp³-hybridized carbons (Fsp3) is 0. The van der Waals surface area contributed by atoms with E-state index in [0.717, 1.165) is 0 Å². The summed E-state index contributed by atoms with van der Waals surface area (Å²) in [5, 5.41) is 7.99. The molecule has 1 nitrogen and oxygen atoms in total. The van der Waals surface area contributed by atoms with Gasteiger partial charge in [-0.15, -0.1) is 0 Å². The van der Waals surface area contributed by atoms with E-state index >= 15 is 0 Å². The second-order valence-electron chi connectivity index (χ2n) is 7.82. The van der Waals surface area contributed by atoms with Crippen LogP contribution in [0.3, 0.4) is 0 Å². The largest absolute Gasteiger partial charge is 0.308 e. The average Bonchev–Trinajstić information content (AvgIpc) is 3.30. The van der Waals surface area contributed by atoms with Gasteiger partial charge in [-0.2, -0.15) is 0 Å². The van der Waals surface area contributed by atoms with Crippen molar-refractivity contribution in [1.82, 2.24) is 4.40 Å². The van der Waals surface area contributed by atoms with E-state index in [0.29, 0.717) is 0 Å². The van der Waals surface area contributed by atoms with Crippen LogP contribution in [0.4, 0.5) is 0 Å². The molecule has 0 fully saturated rings. The minimum atomic E-state index is 1.26. The minimum Gasteiger partial charge on any atom is -0.308 e. The van der Waals surface area contributed by atoms with E-state index in [1.807, 2.05) is 0 Å². The van der Waals surface area contributed by atoms with Crippen molar-refractivity contribution in [3.8, 4) is 11.1 Å². The van der Waals surface area contributed by atoms with Crippen LogP contribution in [0.5, 0.6) is 0 Å². The molecule has 0 N–H and O–H groups in total. The van der Waals surface area contributed by atoms with Crippen LogP contribution in [-0.2, 0) is 0 Å². The van der Waals surface area contributed by atoms with Crippen molar-refractivity contribution >= 4 is 48.9 Å². The van der Waals surface area contributed by atoms with Crippen molar-refractivity contribution in [2.75, 3.05) is 0 Å². The van der Waals surface area contributed by atoms with Gasteiger partial charge in [-0.05, 0) is 46.2 Å². The molecular formula is C28H17N. The quantitative estimate of drug-likeness (QED) is 0.280. The van der Waals surface area contributed by atoms with E-state index in [4.69, 9.17) is 0 Å². The van der Waals surface area contributed by atoms with Gasteiger partial charge in [0.2, 0.25) is 0 Å². The number of nitrogens with zero attached hydrogens (tertiary/aromatic N) is 1. The molecule has 0 amide bonds. The molecule has 7 rings (SSSR count). The molecule has 0 aliphatic heterocycles. The third-order valence-electron chi connectivity index (χ3n) is 6.29. The fourth-order valence-corrected chi connectivity index (χ4v) is 5.06. The fourth-order valence-electron chi connectivity index (χ4n) is 5.06. The molecule has 0 spiro atoms. The number of fused-ring (bicyclic) bond motifs is 8. The number of hydrogen-bond acceptors (Lipinski definition) is 0. The van der Waals surface area contributed by atoms with Crippen molar-refractivity contribution in [1.29, 1.82) is 0 Å². The lowest BCUT2D eigenvalue weighted by Gasteiger charge is -2.05. The van der Waals surface area contributed by atoms with Crippen LogP contribution >= 0.6 is 0 Å². The predicted molar refractivity (Wildman–Crippen MR) is 124 cm³/mol. The van der Waals surface area contributed by atoms with Crippen LogP contribution in [0.2, 0.25) is 0 Å². The van der Waals surface area contributed by atoms with Crippen molar-refractivity contribution in [3.05, 3.63) is 103 Å². The maximum Gasteiger partial charge on any atom is 0.0626 e. The summed E-state index contributed by atoms with van der Waals surface area (Å²) in [5.41, 5.74) is 6.42. The van der Waals surface area contributed by atoms with Crippen LogP contribution < -0.4 is 0 Å². The molecule has 7 aromatic rings. The van der Waals surface area contributed by atoms with E-state index in [1.54, 1.807) is 0 Å². The summed E-state index contributed by atoms with van der Waals surface area (Å²) in [4.78, 5) is 0. The number of benzene rings is 5. The lowest BCUT2D eigenvalue weighted by atomic mass is 9.98. The summed E-state index contributed by atoms with van der Waals surface area (Å²) in [5.74, 6) is 0. The highest BCUT2D eigenvalue weighted by molar-refractivity contribution is 6.31. The standard InChI is InChI=1S/C28H17N/c1-2-8-18(9-3-1)19-14-15-26-24(16-19)27-21-11-5-4-10-20(21)17-23-22-12-6-7-13-25(22)29(26)28(23)27/h1-17H. The van der Waals surface area contributed by atoms with E-state index < -0.39 is 0 Å². The zero-order valence-electron chi connectivity index (χ0n) is 15.8. The van der Waals surface area contributed by atoms with Gasteiger partial charge >= 0.3 is 0 Å². The molecule has 0 unspecified atom stereocenters. The number of rotatable bonds is 1. The first-order valence-electron chi connectivity index (χ1n) is 10.1. The first-order chi connectivity index (χ1) is 14.4. The van der Waals surface area contributed by atoms with Gasteiger partial charge in [-0.3, -0.25) is 0 Å². The molecule has 0 saturated heterocycles. The highest BCUT2D eigenvalue weighted by atomic mass is 14.9. The zero-order chi connectivity index (χ0) is 18.9. The molecule has 134 valence electrons. The molecule has 0 saturated carbocycles. The van der Waals surface area contributed by atoms with E-state index in [1.165, 1.54) is 60.0 Å². The second-order valence-corrected chi connectivity index (χ2v) is 7.82. The first kappa shape index (κ1) is 15.1. The highest BCUT2D eigenvalue weighted by Crippen LogP contribution is 2.43. The molecular weight excluding hydrogens is 350 g/mol. The zero-order valence-corrected chi connectivity index (χ0v) is 15.8. The van der Waals surface area contributed by atoms with Gasteiger partial charge < -0.3 is 4.40 Å². The molecule has 0 atom stereocenters. The summed E-state index contributed by atoms with van der Waals surface area (Å²) in [6.07, 6.45) is 0.